The summed E-state index contributed by atoms with van der Waals surface area (Å²) in [6.07, 6.45) is 3.06. The van der Waals surface area contributed by atoms with Crippen LogP contribution in [0, 0.1) is 0 Å². The highest BCUT2D eigenvalue weighted by molar-refractivity contribution is 7.09. The van der Waals surface area contributed by atoms with Crippen LogP contribution in [0.1, 0.15) is 59.0 Å². The molecule has 1 aromatic heterocycles. The lowest BCUT2D eigenvalue weighted by atomic mass is 10.1. The van der Waals surface area contributed by atoms with E-state index in [-0.39, 0.29) is 5.91 Å². The first kappa shape index (κ1) is 20.9. The number of aromatic nitrogens is 1. The molecule has 7 heteroatoms. The van der Waals surface area contributed by atoms with Gasteiger partial charge in [0.25, 0.3) is 5.91 Å². The molecule has 0 aliphatic heterocycles. The third-order valence-corrected chi connectivity index (χ3v) is 4.85. The number of carbonyl (C=O) groups is 2. The first-order chi connectivity index (χ1) is 13.1. The summed E-state index contributed by atoms with van der Waals surface area (Å²) >= 11 is 1.36. The van der Waals surface area contributed by atoms with Crippen molar-refractivity contribution in [1.82, 2.24) is 9.88 Å². The second kappa shape index (κ2) is 10.7. The van der Waals surface area contributed by atoms with Crippen molar-refractivity contribution in [2.45, 2.75) is 39.7 Å². The Morgan fingerprint density at radius 1 is 1.15 bits per heavy atom. The Bertz CT molecular complexity index is 743. The molecule has 0 saturated heterocycles. The van der Waals surface area contributed by atoms with Crippen molar-refractivity contribution < 1.29 is 19.1 Å². The van der Waals surface area contributed by atoms with E-state index in [1.165, 1.54) is 11.3 Å². The fourth-order valence-electron chi connectivity index (χ4n) is 2.57. The van der Waals surface area contributed by atoms with Gasteiger partial charge in [-0.1, -0.05) is 19.8 Å². The number of hydrogen-bond donors (Lipinski definition) is 0. The summed E-state index contributed by atoms with van der Waals surface area (Å²) in [5.41, 5.74) is 0.900. The van der Waals surface area contributed by atoms with Gasteiger partial charge in [-0.05, 0) is 37.6 Å². The molecule has 0 aliphatic rings. The fraction of sp³-hybridized carbons (Fsp3) is 0.450. The van der Waals surface area contributed by atoms with Gasteiger partial charge in [-0.15, -0.1) is 11.3 Å². The van der Waals surface area contributed by atoms with Crippen LogP contribution in [-0.4, -0.2) is 42.0 Å². The fourth-order valence-corrected chi connectivity index (χ4v) is 3.34. The molecule has 0 fully saturated rings. The van der Waals surface area contributed by atoms with Crippen molar-refractivity contribution in [2.24, 2.45) is 0 Å². The number of amides is 1. The van der Waals surface area contributed by atoms with Crippen molar-refractivity contribution >= 4 is 23.2 Å². The van der Waals surface area contributed by atoms with Crippen molar-refractivity contribution in [1.29, 1.82) is 0 Å². The molecule has 0 atom stereocenters. The molecule has 0 aliphatic carbocycles. The average Bonchev–Trinajstić information content (AvgIpc) is 3.16. The number of carbonyl (C=O) groups excluding carboxylic acids is 2. The molecule has 0 N–H and O–H groups in total. The lowest BCUT2D eigenvalue weighted by Gasteiger charge is -2.22. The van der Waals surface area contributed by atoms with Crippen molar-refractivity contribution in [2.75, 3.05) is 20.3 Å². The summed E-state index contributed by atoms with van der Waals surface area (Å²) in [4.78, 5) is 30.9. The molecule has 2 rings (SSSR count). The molecular formula is C20H26N2O4S. The van der Waals surface area contributed by atoms with E-state index in [9.17, 15) is 9.59 Å². The molecule has 1 heterocycles. The minimum atomic E-state index is -0.431. The molecular weight excluding hydrogens is 364 g/mol. The highest BCUT2D eigenvalue weighted by Gasteiger charge is 2.19. The molecule has 2 aromatic rings. The van der Waals surface area contributed by atoms with Gasteiger partial charge in [0.15, 0.2) is 5.69 Å². The summed E-state index contributed by atoms with van der Waals surface area (Å²) in [5, 5.41) is 2.39. The summed E-state index contributed by atoms with van der Waals surface area (Å²) < 4.78 is 10.1. The van der Waals surface area contributed by atoms with E-state index < -0.39 is 5.97 Å². The normalized spacial score (nSPS) is 10.5. The number of thiazole rings is 1. The Kier molecular flexibility index (Phi) is 8.26. The predicted octanol–water partition coefficient (Wildman–Crippen LogP) is 4.16. The van der Waals surface area contributed by atoms with Crippen molar-refractivity contribution in [3.8, 4) is 5.75 Å². The van der Waals surface area contributed by atoms with Gasteiger partial charge in [-0.3, -0.25) is 4.79 Å². The number of esters is 1. The average molecular weight is 391 g/mol. The highest BCUT2D eigenvalue weighted by Crippen LogP contribution is 2.18. The summed E-state index contributed by atoms with van der Waals surface area (Å²) in [7, 11) is 1.59. The minimum absolute atomic E-state index is 0.0540. The topological polar surface area (TPSA) is 68.7 Å². The lowest BCUT2D eigenvalue weighted by Crippen LogP contribution is -2.31. The Labute approximate surface area is 164 Å². The molecule has 0 saturated carbocycles. The van der Waals surface area contributed by atoms with E-state index >= 15 is 0 Å². The zero-order valence-electron chi connectivity index (χ0n) is 16.1. The smallest absolute Gasteiger partial charge is 0.357 e. The number of ether oxygens (including phenoxy) is 2. The van der Waals surface area contributed by atoms with Crippen LogP contribution >= 0.6 is 11.3 Å². The number of benzene rings is 1. The van der Waals surface area contributed by atoms with Gasteiger partial charge < -0.3 is 14.4 Å². The van der Waals surface area contributed by atoms with Gasteiger partial charge in [0, 0.05) is 17.5 Å². The van der Waals surface area contributed by atoms with E-state index in [1.807, 2.05) is 0 Å². The Hall–Kier alpha value is -2.41. The monoisotopic (exact) mass is 390 g/mol. The molecule has 6 nitrogen and oxygen atoms in total. The third kappa shape index (κ3) is 6.06. The number of methoxy groups -OCH3 is 1. The van der Waals surface area contributed by atoms with E-state index in [0.29, 0.717) is 36.7 Å². The zero-order valence-corrected chi connectivity index (χ0v) is 16.9. The molecule has 146 valence electrons. The molecule has 0 spiro atoms. The second-order valence-corrected chi connectivity index (χ2v) is 6.95. The summed E-state index contributed by atoms with van der Waals surface area (Å²) in [5.74, 6) is 0.226. The summed E-state index contributed by atoms with van der Waals surface area (Å²) in [6.45, 7) is 5.21. The standard InChI is InChI=1S/C20H26N2O4S/c1-4-6-7-12-22(19(23)15-8-10-16(25-3)11-9-15)13-18-21-17(14-27-18)20(24)26-5-2/h8-11,14H,4-7,12-13H2,1-3H3. The Balaban J connectivity index is 2.13. The molecule has 1 amide bonds. The van der Waals surface area contributed by atoms with Crippen molar-refractivity contribution in [3.05, 3.63) is 45.9 Å². The Morgan fingerprint density at radius 3 is 2.52 bits per heavy atom. The summed E-state index contributed by atoms with van der Waals surface area (Å²) in [6, 6.07) is 7.08. The number of nitrogens with zero attached hydrogens (tertiary/aromatic N) is 2. The first-order valence-corrected chi connectivity index (χ1v) is 10.0. The zero-order chi connectivity index (χ0) is 19.6. The number of rotatable bonds is 10. The molecule has 0 bridgehead atoms. The van der Waals surface area contributed by atoms with Crippen LogP contribution in [0.15, 0.2) is 29.6 Å². The van der Waals surface area contributed by atoms with Crippen LogP contribution in [0.5, 0.6) is 5.75 Å². The predicted molar refractivity (Wildman–Crippen MR) is 105 cm³/mol. The van der Waals surface area contributed by atoms with Crippen LogP contribution in [0.25, 0.3) is 0 Å². The maximum absolute atomic E-state index is 13.0. The molecule has 0 radical (unpaired) electrons. The third-order valence-electron chi connectivity index (χ3n) is 4.02. The van der Waals surface area contributed by atoms with Gasteiger partial charge >= 0.3 is 5.97 Å². The number of unbranched alkanes of at least 4 members (excludes halogenated alkanes) is 2. The van der Waals surface area contributed by atoms with Gasteiger partial charge in [0.2, 0.25) is 0 Å². The van der Waals surface area contributed by atoms with Gasteiger partial charge in [0.05, 0.1) is 20.3 Å². The SMILES string of the molecule is CCCCCN(Cc1nc(C(=O)OCC)cs1)C(=O)c1ccc(OC)cc1. The quantitative estimate of drug-likeness (QED) is 0.450. The highest BCUT2D eigenvalue weighted by atomic mass is 32.1. The van der Waals surface area contributed by atoms with Gasteiger partial charge in [-0.2, -0.15) is 0 Å². The maximum Gasteiger partial charge on any atom is 0.357 e. The van der Waals surface area contributed by atoms with Crippen molar-refractivity contribution in [3.63, 3.8) is 0 Å². The molecule has 1 aromatic carbocycles. The van der Waals surface area contributed by atoms with Crippen LogP contribution in [0.4, 0.5) is 0 Å². The van der Waals surface area contributed by atoms with E-state index in [4.69, 9.17) is 9.47 Å². The van der Waals surface area contributed by atoms with Crippen LogP contribution < -0.4 is 4.74 Å². The lowest BCUT2D eigenvalue weighted by molar-refractivity contribution is 0.0520. The van der Waals surface area contributed by atoms with Gasteiger partial charge in [-0.25, -0.2) is 9.78 Å². The second-order valence-electron chi connectivity index (χ2n) is 6.01. The van der Waals surface area contributed by atoms with Crippen LogP contribution in [0.3, 0.4) is 0 Å². The van der Waals surface area contributed by atoms with E-state index in [2.05, 4.69) is 11.9 Å². The largest absolute Gasteiger partial charge is 0.497 e. The van der Waals surface area contributed by atoms with Crippen LogP contribution in [-0.2, 0) is 11.3 Å². The maximum atomic E-state index is 13.0. The van der Waals surface area contributed by atoms with Crippen LogP contribution in [0.2, 0.25) is 0 Å². The number of hydrogen-bond acceptors (Lipinski definition) is 6. The molecule has 27 heavy (non-hydrogen) atoms. The Morgan fingerprint density at radius 2 is 1.89 bits per heavy atom. The van der Waals surface area contributed by atoms with Gasteiger partial charge in [0.1, 0.15) is 10.8 Å². The van der Waals surface area contributed by atoms with E-state index in [1.54, 1.807) is 48.6 Å². The minimum Gasteiger partial charge on any atom is -0.497 e. The van der Waals surface area contributed by atoms with E-state index in [0.717, 1.165) is 24.3 Å². The first-order valence-electron chi connectivity index (χ1n) is 9.13. The molecule has 0 unspecified atom stereocenters.